The molecular weight excluding hydrogens is 304 g/mol. The second kappa shape index (κ2) is 7.21. The van der Waals surface area contributed by atoms with Gasteiger partial charge in [0.25, 0.3) is 0 Å². The number of nitrogens with zero attached hydrogens (tertiary/aromatic N) is 2. The van der Waals surface area contributed by atoms with E-state index < -0.39 is 11.9 Å². The summed E-state index contributed by atoms with van der Waals surface area (Å²) in [5.41, 5.74) is 0.339. The molecule has 23 heavy (non-hydrogen) atoms. The zero-order valence-corrected chi connectivity index (χ0v) is 12.7. The maximum absolute atomic E-state index is 12.1. The normalized spacial score (nSPS) is 9.87. The van der Waals surface area contributed by atoms with E-state index in [-0.39, 0.29) is 23.3 Å². The smallest absolute Gasteiger partial charge is 0.382 e. The molecule has 8 nitrogen and oxygen atoms in total. The standard InChI is InChI=1S/C15H14N2O6/c1-20-11-8-12(21-2)17-13(16-11)15(19)23-10-6-4-9(5-7-10)14(18)22-3/h4-8H,1-3H3. The Balaban J connectivity index is 2.17. The fraction of sp³-hybridized carbons (Fsp3) is 0.200. The molecule has 0 saturated carbocycles. The Morgan fingerprint density at radius 3 is 1.91 bits per heavy atom. The number of carbonyl (C=O) groups excluding carboxylic acids is 2. The monoisotopic (exact) mass is 318 g/mol. The maximum atomic E-state index is 12.1. The van der Waals surface area contributed by atoms with Crippen molar-refractivity contribution >= 4 is 11.9 Å². The number of esters is 2. The average Bonchev–Trinajstić information content (AvgIpc) is 2.61. The minimum absolute atomic E-state index is 0.171. The summed E-state index contributed by atoms with van der Waals surface area (Å²) >= 11 is 0. The first kappa shape index (κ1) is 16.2. The highest BCUT2D eigenvalue weighted by atomic mass is 16.5. The SMILES string of the molecule is COC(=O)c1ccc(OC(=O)c2nc(OC)cc(OC)n2)cc1. The minimum atomic E-state index is -0.784. The van der Waals surface area contributed by atoms with Crippen LogP contribution in [-0.4, -0.2) is 43.2 Å². The summed E-state index contributed by atoms with van der Waals surface area (Å²) in [6.45, 7) is 0. The fourth-order valence-electron chi connectivity index (χ4n) is 1.63. The van der Waals surface area contributed by atoms with E-state index in [1.165, 1.54) is 51.7 Å². The third kappa shape index (κ3) is 3.94. The Kier molecular flexibility index (Phi) is 5.08. The molecule has 0 atom stereocenters. The first-order valence-corrected chi connectivity index (χ1v) is 6.45. The van der Waals surface area contributed by atoms with Crippen molar-refractivity contribution in [3.05, 3.63) is 41.7 Å². The van der Waals surface area contributed by atoms with Crippen LogP contribution in [0.25, 0.3) is 0 Å². The van der Waals surface area contributed by atoms with Crippen LogP contribution < -0.4 is 14.2 Å². The number of hydrogen-bond acceptors (Lipinski definition) is 8. The maximum Gasteiger partial charge on any atom is 0.382 e. The molecule has 0 N–H and O–H groups in total. The van der Waals surface area contributed by atoms with Gasteiger partial charge >= 0.3 is 11.9 Å². The van der Waals surface area contributed by atoms with Gasteiger partial charge in [0.15, 0.2) is 0 Å². The molecular formula is C15H14N2O6. The summed E-state index contributed by atoms with van der Waals surface area (Å²) in [4.78, 5) is 31.2. The number of hydrogen-bond donors (Lipinski definition) is 0. The van der Waals surface area contributed by atoms with E-state index in [0.717, 1.165) is 0 Å². The molecule has 0 radical (unpaired) electrons. The molecule has 120 valence electrons. The van der Waals surface area contributed by atoms with Gasteiger partial charge in [0, 0.05) is 0 Å². The lowest BCUT2D eigenvalue weighted by atomic mass is 10.2. The van der Waals surface area contributed by atoms with Crippen molar-refractivity contribution in [2.45, 2.75) is 0 Å². The van der Waals surface area contributed by atoms with Crippen LogP contribution in [0.1, 0.15) is 21.0 Å². The molecule has 0 amide bonds. The lowest BCUT2D eigenvalue weighted by molar-refractivity contribution is 0.0600. The van der Waals surface area contributed by atoms with Crippen LogP contribution >= 0.6 is 0 Å². The van der Waals surface area contributed by atoms with Gasteiger partial charge in [-0.15, -0.1) is 0 Å². The van der Waals surface area contributed by atoms with Crippen LogP contribution in [-0.2, 0) is 4.74 Å². The first-order valence-electron chi connectivity index (χ1n) is 6.45. The van der Waals surface area contributed by atoms with Gasteiger partial charge < -0.3 is 18.9 Å². The zero-order chi connectivity index (χ0) is 16.8. The van der Waals surface area contributed by atoms with Crippen LogP contribution in [0.2, 0.25) is 0 Å². The predicted octanol–water partition coefficient (Wildman–Crippen LogP) is 1.50. The van der Waals surface area contributed by atoms with Crippen LogP contribution in [0.5, 0.6) is 17.5 Å². The molecule has 0 bridgehead atoms. The predicted molar refractivity (Wildman–Crippen MR) is 77.9 cm³/mol. The van der Waals surface area contributed by atoms with E-state index in [4.69, 9.17) is 14.2 Å². The van der Waals surface area contributed by atoms with Crippen molar-refractivity contribution in [2.24, 2.45) is 0 Å². The van der Waals surface area contributed by atoms with Crippen molar-refractivity contribution in [1.82, 2.24) is 9.97 Å². The molecule has 0 fully saturated rings. The fourth-order valence-corrected chi connectivity index (χ4v) is 1.63. The first-order chi connectivity index (χ1) is 11.1. The van der Waals surface area contributed by atoms with Crippen LogP contribution in [0.3, 0.4) is 0 Å². The van der Waals surface area contributed by atoms with Crippen molar-refractivity contribution in [3.8, 4) is 17.5 Å². The summed E-state index contributed by atoms with van der Waals surface area (Å²) in [6.07, 6.45) is 0. The van der Waals surface area contributed by atoms with Crippen molar-refractivity contribution in [3.63, 3.8) is 0 Å². The van der Waals surface area contributed by atoms with Gasteiger partial charge in [0.1, 0.15) is 5.75 Å². The summed E-state index contributed by atoms with van der Waals surface area (Å²) < 4.78 is 19.6. The number of benzene rings is 1. The lowest BCUT2D eigenvalue weighted by Crippen LogP contribution is -2.14. The number of carbonyl (C=O) groups is 2. The van der Waals surface area contributed by atoms with Gasteiger partial charge in [-0.25, -0.2) is 9.59 Å². The van der Waals surface area contributed by atoms with Crippen molar-refractivity contribution < 1.29 is 28.5 Å². The zero-order valence-electron chi connectivity index (χ0n) is 12.7. The van der Waals surface area contributed by atoms with E-state index >= 15 is 0 Å². The number of ether oxygens (including phenoxy) is 4. The topological polar surface area (TPSA) is 96.8 Å². The molecule has 2 rings (SSSR count). The summed E-state index contributed by atoms with van der Waals surface area (Å²) in [5.74, 6) is -0.905. The molecule has 8 heteroatoms. The Morgan fingerprint density at radius 1 is 0.870 bits per heavy atom. The summed E-state index contributed by atoms with van der Waals surface area (Å²) in [6, 6.07) is 7.30. The molecule has 0 spiro atoms. The van der Waals surface area contributed by atoms with Crippen LogP contribution in [0.15, 0.2) is 30.3 Å². The van der Waals surface area contributed by atoms with Crippen LogP contribution in [0, 0.1) is 0 Å². The number of methoxy groups -OCH3 is 3. The van der Waals surface area contributed by atoms with E-state index in [0.29, 0.717) is 5.56 Å². The van der Waals surface area contributed by atoms with Gasteiger partial charge in [0.2, 0.25) is 17.6 Å². The van der Waals surface area contributed by atoms with Gasteiger partial charge in [-0.1, -0.05) is 0 Å². The van der Waals surface area contributed by atoms with Gasteiger partial charge in [-0.2, -0.15) is 9.97 Å². The van der Waals surface area contributed by atoms with E-state index in [2.05, 4.69) is 14.7 Å². The molecule has 1 heterocycles. The van der Waals surface area contributed by atoms with E-state index in [9.17, 15) is 9.59 Å². The highest BCUT2D eigenvalue weighted by Crippen LogP contribution is 2.17. The lowest BCUT2D eigenvalue weighted by Gasteiger charge is -2.07. The van der Waals surface area contributed by atoms with E-state index in [1.54, 1.807) is 0 Å². The Labute approximate surface area is 132 Å². The van der Waals surface area contributed by atoms with Gasteiger partial charge in [-0.3, -0.25) is 0 Å². The highest BCUT2D eigenvalue weighted by molar-refractivity contribution is 5.90. The Hall–Kier alpha value is -3.16. The molecule has 0 saturated heterocycles. The highest BCUT2D eigenvalue weighted by Gasteiger charge is 2.16. The molecule has 0 unspecified atom stereocenters. The molecule has 0 aliphatic rings. The van der Waals surface area contributed by atoms with Crippen LogP contribution in [0.4, 0.5) is 0 Å². The Bertz CT molecular complexity index is 692. The second-order valence-corrected chi connectivity index (χ2v) is 4.18. The minimum Gasteiger partial charge on any atom is -0.481 e. The van der Waals surface area contributed by atoms with Gasteiger partial charge in [-0.05, 0) is 24.3 Å². The molecule has 0 aliphatic carbocycles. The summed E-state index contributed by atoms with van der Waals surface area (Å²) in [7, 11) is 4.09. The third-order valence-electron chi connectivity index (χ3n) is 2.77. The number of aromatic nitrogens is 2. The van der Waals surface area contributed by atoms with Crippen molar-refractivity contribution in [1.29, 1.82) is 0 Å². The Morgan fingerprint density at radius 2 is 1.43 bits per heavy atom. The summed E-state index contributed by atoms with van der Waals surface area (Å²) in [5, 5.41) is 0. The van der Waals surface area contributed by atoms with Gasteiger partial charge in [0.05, 0.1) is 33.0 Å². The average molecular weight is 318 g/mol. The molecule has 1 aromatic carbocycles. The second-order valence-electron chi connectivity index (χ2n) is 4.18. The van der Waals surface area contributed by atoms with Crippen molar-refractivity contribution in [2.75, 3.05) is 21.3 Å². The van der Waals surface area contributed by atoms with E-state index in [1.807, 2.05) is 0 Å². The molecule has 2 aromatic rings. The number of rotatable bonds is 5. The molecule has 0 aliphatic heterocycles. The molecule has 1 aromatic heterocycles. The quantitative estimate of drug-likeness (QED) is 0.604. The largest absolute Gasteiger partial charge is 0.481 e. The third-order valence-corrected chi connectivity index (χ3v) is 2.77.